The van der Waals surface area contributed by atoms with Gasteiger partial charge in [-0.3, -0.25) is 4.79 Å². The number of likely N-dealkylation sites (tertiary alicyclic amines) is 1. The van der Waals surface area contributed by atoms with Crippen LogP contribution >= 0.6 is 11.8 Å². The second kappa shape index (κ2) is 4.19. The fourth-order valence-electron chi connectivity index (χ4n) is 3.40. The summed E-state index contributed by atoms with van der Waals surface area (Å²) < 4.78 is 0. The van der Waals surface area contributed by atoms with E-state index >= 15 is 0 Å². The van der Waals surface area contributed by atoms with E-state index in [0.29, 0.717) is 0 Å². The van der Waals surface area contributed by atoms with E-state index in [0.717, 1.165) is 18.7 Å². The highest BCUT2D eigenvalue weighted by atomic mass is 32.2. The smallest absolute Gasteiger partial charge is 0.221 e. The third kappa shape index (κ3) is 1.48. The standard InChI is InChI=1S/C14H18N2OS/c1-10(17)16-8-7-14(9-18-2)11-5-3-4-6-12(11)15-13(14)16/h3-6,13,15H,7-9H2,1-2H3. The summed E-state index contributed by atoms with van der Waals surface area (Å²) in [4.78, 5) is 13.7. The lowest BCUT2D eigenvalue weighted by Gasteiger charge is -2.31. The van der Waals surface area contributed by atoms with Crippen molar-refractivity contribution in [3.63, 3.8) is 0 Å². The summed E-state index contributed by atoms with van der Waals surface area (Å²) in [6.07, 6.45) is 3.34. The number of benzene rings is 1. The Hall–Kier alpha value is -1.16. The third-order valence-corrected chi connectivity index (χ3v) is 5.00. The Labute approximate surface area is 112 Å². The predicted molar refractivity (Wildman–Crippen MR) is 75.9 cm³/mol. The van der Waals surface area contributed by atoms with Crippen molar-refractivity contribution in [1.82, 2.24) is 4.90 Å². The number of para-hydroxylation sites is 1. The monoisotopic (exact) mass is 262 g/mol. The van der Waals surface area contributed by atoms with Crippen LogP contribution in [0.5, 0.6) is 0 Å². The van der Waals surface area contributed by atoms with Crippen molar-refractivity contribution in [3.8, 4) is 0 Å². The molecule has 1 aromatic rings. The SMILES string of the molecule is CSCC12CCN(C(C)=O)C1Nc1ccccc12. The molecule has 18 heavy (non-hydrogen) atoms. The molecular weight excluding hydrogens is 244 g/mol. The first-order valence-electron chi connectivity index (χ1n) is 6.31. The molecule has 2 unspecified atom stereocenters. The van der Waals surface area contributed by atoms with E-state index in [1.54, 1.807) is 6.92 Å². The number of rotatable bonds is 2. The van der Waals surface area contributed by atoms with Crippen LogP contribution in [0.3, 0.4) is 0 Å². The Kier molecular flexibility index (Phi) is 2.77. The molecule has 1 saturated heterocycles. The van der Waals surface area contributed by atoms with Crippen LogP contribution in [0.1, 0.15) is 18.9 Å². The van der Waals surface area contributed by atoms with Crippen LogP contribution in [-0.2, 0) is 10.2 Å². The average molecular weight is 262 g/mol. The Morgan fingerprint density at radius 2 is 2.33 bits per heavy atom. The maximum absolute atomic E-state index is 11.8. The Morgan fingerprint density at radius 1 is 1.56 bits per heavy atom. The molecule has 0 aliphatic carbocycles. The number of thioether (sulfide) groups is 1. The number of carbonyl (C=O) groups is 1. The van der Waals surface area contributed by atoms with Crippen LogP contribution in [-0.4, -0.2) is 35.5 Å². The minimum Gasteiger partial charge on any atom is -0.364 e. The van der Waals surface area contributed by atoms with Gasteiger partial charge in [-0.15, -0.1) is 0 Å². The first kappa shape index (κ1) is 11.9. The van der Waals surface area contributed by atoms with Gasteiger partial charge in [0.25, 0.3) is 0 Å². The van der Waals surface area contributed by atoms with E-state index < -0.39 is 0 Å². The second-order valence-electron chi connectivity index (χ2n) is 5.14. The number of fused-ring (bicyclic) bond motifs is 3. The van der Waals surface area contributed by atoms with E-state index in [9.17, 15) is 4.79 Å². The number of carbonyl (C=O) groups excluding carboxylic acids is 1. The van der Waals surface area contributed by atoms with Gasteiger partial charge in [-0.05, 0) is 24.3 Å². The average Bonchev–Trinajstić information content (AvgIpc) is 2.83. The Morgan fingerprint density at radius 3 is 3.06 bits per heavy atom. The molecular formula is C14H18N2OS. The predicted octanol–water partition coefficient (Wildman–Crippen LogP) is 2.29. The lowest BCUT2D eigenvalue weighted by molar-refractivity contribution is -0.129. The molecule has 2 aliphatic rings. The zero-order valence-electron chi connectivity index (χ0n) is 10.8. The van der Waals surface area contributed by atoms with Gasteiger partial charge in [0.15, 0.2) is 0 Å². The molecule has 1 N–H and O–H groups in total. The zero-order chi connectivity index (χ0) is 12.8. The van der Waals surface area contributed by atoms with Gasteiger partial charge in [-0.1, -0.05) is 18.2 Å². The van der Waals surface area contributed by atoms with E-state index in [1.165, 1.54) is 11.3 Å². The van der Waals surface area contributed by atoms with Crippen LogP contribution in [0.4, 0.5) is 5.69 Å². The summed E-state index contributed by atoms with van der Waals surface area (Å²) >= 11 is 1.87. The van der Waals surface area contributed by atoms with Crippen LogP contribution in [0.25, 0.3) is 0 Å². The molecule has 3 rings (SSSR count). The molecule has 0 spiro atoms. The number of nitrogens with one attached hydrogen (secondary N) is 1. The fraction of sp³-hybridized carbons (Fsp3) is 0.500. The normalized spacial score (nSPS) is 28.8. The lowest BCUT2D eigenvalue weighted by Crippen LogP contribution is -2.46. The maximum atomic E-state index is 11.8. The quantitative estimate of drug-likeness (QED) is 0.887. The van der Waals surface area contributed by atoms with Crippen molar-refractivity contribution in [1.29, 1.82) is 0 Å². The van der Waals surface area contributed by atoms with Crippen LogP contribution in [0, 0.1) is 0 Å². The highest BCUT2D eigenvalue weighted by Gasteiger charge is 2.53. The van der Waals surface area contributed by atoms with Gasteiger partial charge in [0.1, 0.15) is 6.17 Å². The van der Waals surface area contributed by atoms with Crippen LogP contribution in [0.2, 0.25) is 0 Å². The number of hydrogen-bond donors (Lipinski definition) is 1. The van der Waals surface area contributed by atoms with Crippen molar-refractivity contribution in [2.75, 3.05) is 23.9 Å². The maximum Gasteiger partial charge on any atom is 0.221 e. The first-order chi connectivity index (χ1) is 8.69. The number of hydrogen-bond acceptors (Lipinski definition) is 3. The van der Waals surface area contributed by atoms with E-state index in [4.69, 9.17) is 0 Å². The Bertz CT molecular complexity index is 490. The fourth-order valence-corrected chi connectivity index (χ4v) is 4.37. The van der Waals surface area contributed by atoms with Gasteiger partial charge >= 0.3 is 0 Å². The molecule has 1 amide bonds. The van der Waals surface area contributed by atoms with Crippen LogP contribution < -0.4 is 5.32 Å². The third-order valence-electron chi connectivity index (χ3n) is 4.20. The second-order valence-corrected chi connectivity index (χ2v) is 6.01. The van der Waals surface area contributed by atoms with Crippen molar-refractivity contribution in [3.05, 3.63) is 29.8 Å². The van der Waals surface area contributed by atoms with Gasteiger partial charge < -0.3 is 10.2 Å². The summed E-state index contributed by atoms with van der Waals surface area (Å²) in [7, 11) is 0. The summed E-state index contributed by atoms with van der Waals surface area (Å²) in [6.45, 7) is 2.53. The molecule has 1 aromatic carbocycles. The van der Waals surface area contributed by atoms with Crippen molar-refractivity contribution in [2.45, 2.75) is 24.9 Å². The molecule has 2 heterocycles. The molecule has 96 valence electrons. The highest BCUT2D eigenvalue weighted by molar-refractivity contribution is 7.98. The van der Waals surface area contributed by atoms with Gasteiger partial charge in [0, 0.05) is 30.3 Å². The summed E-state index contributed by atoms with van der Waals surface area (Å²) in [5, 5.41) is 3.55. The van der Waals surface area contributed by atoms with Gasteiger partial charge in [0.05, 0.1) is 0 Å². The number of anilines is 1. The molecule has 2 atom stereocenters. The van der Waals surface area contributed by atoms with E-state index in [2.05, 4.69) is 35.8 Å². The summed E-state index contributed by atoms with van der Waals surface area (Å²) in [5.74, 6) is 1.23. The van der Waals surface area contributed by atoms with E-state index in [1.807, 2.05) is 16.7 Å². The number of amides is 1. The molecule has 0 aromatic heterocycles. The zero-order valence-corrected chi connectivity index (χ0v) is 11.6. The van der Waals surface area contributed by atoms with Gasteiger partial charge in [0.2, 0.25) is 5.91 Å². The molecule has 4 heteroatoms. The van der Waals surface area contributed by atoms with Gasteiger partial charge in [-0.2, -0.15) is 11.8 Å². The molecule has 3 nitrogen and oxygen atoms in total. The molecule has 0 radical (unpaired) electrons. The largest absolute Gasteiger partial charge is 0.364 e. The summed E-state index contributed by atoms with van der Waals surface area (Å²) in [5.41, 5.74) is 2.68. The summed E-state index contributed by atoms with van der Waals surface area (Å²) in [6, 6.07) is 8.48. The minimum atomic E-state index is 0.0989. The minimum absolute atomic E-state index is 0.0989. The molecule has 2 aliphatic heterocycles. The lowest BCUT2D eigenvalue weighted by atomic mass is 9.81. The molecule has 0 saturated carbocycles. The highest BCUT2D eigenvalue weighted by Crippen LogP contribution is 2.49. The molecule has 1 fully saturated rings. The first-order valence-corrected chi connectivity index (χ1v) is 7.70. The van der Waals surface area contributed by atoms with Crippen molar-refractivity contribution < 1.29 is 4.79 Å². The molecule has 0 bridgehead atoms. The van der Waals surface area contributed by atoms with Crippen LogP contribution in [0.15, 0.2) is 24.3 Å². The van der Waals surface area contributed by atoms with Crippen molar-refractivity contribution in [2.24, 2.45) is 0 Å². The van der Waals surface area contributed by atoms with E-state index in [-0.39, 0.29) is 17.5 Å². The van der Waals surface area contributed by atoms with Gasteiger partial charge in [-0.25, -0.2) is 0 Å². The number of nitrogens with zero attached hydrogens (tertiary/aromatic N) is 1. The topological polar surface area (TPSA) is 32.3 Å². The Balaban J connectivity index is 2.06. The van der Waals surface area contributed by atoms with Crippen molar-refractivity contribution >= 4 is 23.4 Å².